The number of hydrogen-bond acceptors (Lipinski definition) is 18. The fourth-order valence-corrected chi connectivity index (χ4v) is 11.4. The van der Waals surface area contributed by atoms with Crippen molar-refractivity contribution in [3.8, 4) is 97.4 Å². The van der Waals surface area contributed by atoms with Crippen molar-refractivity contribution in [1.82, 2.24) is 15.0 Å². The number of aromatic hydroxyl groups is 1. The van der Waals surface area contributed by atoms with Crippen molar-refractivity contribution in [2.45, 2.75) is 18.5 Å². The molecule has 414 valence electrons. The molecule has 0 atom stereocenters. The number of benzene rings is 6. The maximum atomic E-state index is 9.27. The highest BCUT2D eigenvalue weighted by Crippen LogP contribution is 2.48. The van der Waals surface area contributed by atoms with Crippen LogP contribution in [0.25, 0.3) is 43.8 Å². The third-order valence-electron chi connectivity index (χ3n) is 12.9. The number of phenols is 1. The molecule has 18 nitrogen and oxygen atoms in total. The lowest BCUT2D eigenvalue weighted by molar-refractivity contribution is 0.173. The Kier molecular flexibility index (Phi) is 17.4. The summed E-state index contributed by atoms with van der Waals surface area (Å²) < 4.78 is 79.2. The molecule has 3 aromatic heterocycles. The molecule has 0 unspecified atom stereocenters. The Hall–Kier alpha value is -7.05. The van der Waals surface area contributed by atoms with Crippen molar-refractivity contribution in [3.63, 3.8) is 0 Å². The zero-order valence-electron chi connectivity index (χ0n) is 43.3. The maximum absolute atomic E-state index is 9.27. The van der Waals surface area contributed by atoms with Gasteiger partial charge < -0.3 is 71.4 Å². The Labute approximate surface area is 500 Å². The molecule has 0 amide bonds. The first-order chi connectivity index (χ1) is 38.9. The molecular weight excluding hydrogens is 1370 g/mol. The van der Waals surface area contributed by atoms with Gasteiger partial charge in [0.25, 0.3) is 0 Å². The first kappa shape index (κ1) is 56.2. The standard InChI is InChI=1S/C19H15Br2NO5.C19H15NO5.C11H7Br2NO2.C8H9BrO3/c1-23-16-4-12(20)15(6-17(16)24-2)25-8-11-10-3-18-19(27-9-26-18)5-14(10)22-7-13(11)21;1-21-16-4-11-12-7-20-14-5-19-18(24-9-25-19)3-10(14)13(12)8-23-15(11)6-17(16)22-2;12-3-7-6-1-10-11(16-5-15-10)2-9(6)14-4-8(7)13;1-11-7-3-5(9)6(10)4-8(7)12-2/h3-7H,8-9H2,1-2H3;3-7H,8-9H2,1-2H3;1-2,4H,3,5H2;3-4,10H,1-2H3. The lowest BCUT2D eigenvalue weighted by atomic mass is 9.95. The number of pyridine rings is 3. The SMILES string of the molecule is BrCc1c(Br)cnc2cc3c(cc12)OCO3.COc1cc(Br)c(OCc2c(Br)cnc3cc4c(cc23)OCO4)cc1OC.COc1cc(O)c(Br)cc1OC.COc1cc2c(cc1OC)-c1cnc3cc4c(cc3c1CO2)OCO4. The highest BCUT2D eigenvalue weighted by Gasteiger charge is 2.26. The van der Waals surface area contributed by atoms with Gasteiger partial charge in [0.15, 0.2) is 69.0 Å². The van der Waals surface area contributed by atoms with Crippen LogP contribution in [0.3, 0.4) is 0 Å². The molecule has 0 aliphatic carbocycles. The van der Waals surface area contributed by atoms with Crippen molar-refractivity contribution >= 4 is 112 Å². The second kappa shape index (κ2) is 24.8. The van der Waals surface area contributed by atoms with Crippen LogP contribution < -0.4 is 66.3 Å². The van der Waals surface area contributed by atoms with E-state index in [0.29, 0.717) is 69.4 Å². The number of methoxy groups -OCH3 is 6. The largest absolute Gasteiger partial charge is 0.507 e. The van der Waals surface area contributed by atoms with Gasteiger partial charge in [-0.25, -0.2) is 0 Å². The minimum absolute atomic E-state index is 0.132. The number of fused-ring (bicyclic) bond motifs is 10. The van der Waals surface area contributed by atoms with Crippen LogP contribution in [0, 0.1) is 0 Å². The summed E-state index contributed by atoms with van der Waals surface area (Å²) in [5.41, 5.74) is 7.75. The Morgan fingerprint density at radius 2 is 0.838 bits per heavy atom. The normalized spacial score (nSPS) is 12.6. The van der Waals surface area contributed by atoms with Gasteiger partial charge in [-0.05, 0) is 93.5 Å². The number of aromatic nitrogens is 3. The van der Waals surface area contributed by atoms with Crippen LogP contribution in [-0.2, 0) is 18.5 Å². The highest BCUT2D eigenvalue weighted by molar-refractivity contribution is 9.11. The third-order valence-corrected chi connectivity index (χ3v) is 16.0. The van der Waals surface area contributed by atoms with E-state index in [0.717, 1.165) is 102 Å². The monoisotopic (exact) mass is 1410 g/mol. The second-order valence-electron chi connectivity index (χ2n) is 17.2. The summed E-state index contributed by atoms with van der Waals surface area (Å²) in [5, 5.41) is 13.1. The summed E-state index contributed by atoms with van der Waals surface area (Å²) in [5.74, 6) is 9.57. The molecule has 0 bridgehead atoms. The summed E-state index contributed by atoms with van der Waals surface area (Å²) >= 11 is 17.2. The molecule has 23 heteroatoms. The van der Waals surface area contributed by atoms with E-state index in [2.05, 4.69) is 94.6 Å². The van der Waals surface area contributed by atoms with Gasteiger partial charge >= 0.3 is 0 Å². The van der Waals surface area contributed by atoms with Crippen LogP contribution in [0.2, 0.25) is 0 Å². The zero-order valence-corrected chi connectivity index (χ0v) is 51.2. The summed E-state index contributed by atoms with van der Waals surface area (Å²) in [6.45, 7) is 1.53. The molecule has 9 aromatic rings. The minimum atomic E-state index is 0.132. The molecule has 0 fully saturated rings. The predicted molar refractivity (Wildman–Crippen MR) is 315 cm³/mol. The van der Waals surface area contributed by atoms with E-state index >= 15 is 0 Å². The summed E-state index contributed by atoms with van der Waals surface area (Å²) in [6, 6.07) is 22.1. The Balaban J connectivity index is 0.000000125. The smallest absolute Gasteiger partial charge is 0.231 e. The maximum Gasteiger partial charge on any atom is 0.231 e. The van der Waals surface area contributed by atoms with E-state index in [1.165, 1.54) is 18.7 Å². The van der Waals surface area contributed by atoms with Crippen molar-refractivity contribution in [2.24, 2.45) is 0 Å². The number of halogens is 5. The molecule has 0 radical (unpaired) electrons. The Bertz CT molecular complexity index is 3810. The van der Waals surface area contributed by atoms with Gasteiger partial charge in [0, 0.05) is 120 Å². The first-order valence-electron chi connectivity index (χ1n) is 23.9. The van der Waals surface area contributed by atoms with E-state index in [4.69, 9.17) is 66.3 Å². The molecule has 1 N–H and O–H groups in total. The second-order valence-corrected chi connectivity index (χ2v) is 21.2. The topological polar surface area (TPSA) is 188 Å². The van der Waals surface area contributed by atoms with Crippen molar-refractivity contribution in [2.75, 3.05) is 63.0 Å². The van der Waals surface area contributed by atoms with Crippen LogP contribution in [0.4, 0.5) is 0 Å². The fraction of sp³-hybridized carbons (Fsp3) is 0.211. The van der Waals surface area contributed by atoms with Gasteiger partial charge in [0.2, 0.25) is 20.4 Å². The number of alkyl halides is 1. The quantitative estimate of drug-likeness (QED) is 0.127. The Morgan fingerprint density at radius 3 is 1.38 bits per heavy atom. The number of hydrogen-bond donors (Lipinski definition) is 1. The van der Waals surface area contributed by atoms with Gasteiger partial charge in [-0.2, -0.15) is 0 Å². The van der Waals surface area contributed by atoms with Crippen LogP contribution in [0.5, 0.6) is 86.2 Å². The number of ether oxygens (including phenoxy) is 14. The molecular formula is C57H46Br5N3O15. The van der Waals surface area contributed by atoms with Crippen molar-refractivity contribution in [1.29, 1.82) is 0 Å². The predicted octanol–water partition coefficient (Wildman–Crippen LogP) is 14.4. The van der Waals surface area contributed by atoms with Gasteiger partial charge in [-0.15, -0.1) is 0 Å². The van der Waals surface area contributed by atoms with Crippen molar-refractivity contribution in [3.05, 3.63) is 126 Å². The third kappa shape index (κ3) is 11.5. The minimum Gasteiger partial charge on any atom is -0.507 e. The number of rotatable bonds is 10. The van der Waals surface area contributed by atoms with Gasteiger partial charge in [-0.3, -0.25) is 15.0 Å². The van der Waals surface area contributed by atoms with Crippen LogP contribution in [0.15, 0.2) is 109 Å². The van der Waals surface area contributed by atoms with Crippen LogP contribution in [0.1, 0.15) is 16.7 Å². The zero-order chi connectivity index (χ0) is 56.2. The van der Waals surface area contributed by atoms with Crippen LogP contribution >= 0.6 is 79.6 Å². The average Bonchev–Trinajstić information content (AvgIpc) is 4.35. The number of phenolic OH excluding ortho intramolecular Hbond substituents is 1. The molecule has 0 spiro atoms. The highest BCUT2D eigenvalue weighted by atomic mass is 79.9. The lowest BCUT2D eigenvalue weighted by Gasteiger charge is -2.23. The summed E-state index contributed by atoms with van der Waals surface area (Å²) in [6.07, 6.45) is 5.43. The average molecular weight is 1410 g/mol. The van der Waals surface area contributed by atoms with Gasteiger partial charge in [0.1, 0.15) is 30.5 Å². The molecule has 4 aliphatic heterocycles. The number of nitrogens with zero attached hydrogens (tertiary/aromatic N) is 3. The van der Waals surface area contributed by atoms with E-state index in [-0.39, 0.29) is 26.1 Å². The Morgan fingerprint density at radius 1 is 0.412 bits per heavy atom. The van der Waals surface area contributed by atoms with Gasteiger partial charge in [-0.1, -0.05) is 15.9 Å². The van der Waals surface area contributed by atoms with Crippen molar-refractivity contribution < 1.29 is 71.4 Å². The van der Waals surface area contributed by atoms with E-state index < -0.39 is 0 Å². The molecule has 13 rings (SSSR count). The van der Waals surface area contributed by atoms with Crippen LogP contribution in [-0.4, -0.2) is 83.1 Å². The molecule has 80 heavy (non-hydrogen) atoms. The first-order valence-corrected chi connectivity index (χ1v) is 28.2. The molecule has 0 saturated carbocycles. The van der Waals surface area contributed by atoms with E-state index in [1.54, 1.807) is 60.1 Å². The molecule has 6 aromatic carbocycles. The summed E-state index contributed by atoms with van der Waals surface area (Å²) in [7, 11) is 9.47. The fourth-order valence-electron chi connectivity index (χ4n) is 8.81. The van der Waals surface area contributed by atoms with Gasteiger partial charge in [0.05, 0.1) is 68.2 Å². The summed E-state index contributed by atoms with van der Waals surface area (Å²) in [4.78, 5) is 13.4. The molecule has 7 heterocycles. The molecule has 0 saturated heterocycles. The van der Waals surface area contributed by atoms with E-state index in [9.17, 15) is 5.11 Å². The lowest BCUT2D eigenvalue weighted by Crippen LogP contribution is -2.07. The molecule has 4 aliphatic rings. The van der Waals surface area contributed by atoms with E-state index in [1.807, 2.05) is 60.8 Å².